The van der Waals surface area contributed by atoms with Crippen LogP contribution >= 0.6 is 0 Å². The molecule has 2 rings (SSSR count). The van der Waals surface area contributed by atoms with Gasteiger partial charge >= 0.3 is 0 Å². The smallest absolute Gasteiger partial charge is 0.123 e. The summed E-state index contributed by atoms with van der Waals surface area (Å²) in [6, 6.07) is 13.7. The highest BCUT2D eigenvalue weighted by Gasteiger charge is 2.09. The molecule has 0 unspecified atom stereocenters. The van der Waals surface area contributed by atoms with E-state index >= 15 is 0 Å². The molecule has 0 heterocycles. The number of halogens is 1. The van der Waals surface area contributed by atoms with Crippen LogP contribution in [0.1, 0.15) is 11.1 Å². The normalized spacial score (nSPS) is 9.95. The lowest BCUT2D eigenvalue weighted by molar-refractivity contribution is 0.625. The molecule has 2 aromatic rings. The molecular formula is C15H14FN3. The number of nitrogen functional groups attached to an aromatic ring is 1. The fraction of sp³-hybridized carbons (Fsp3) is 0.133. The van der Waals surface area contributed by atoms with Crippen LogP contribution in [0.2, 0.25) is 0 Å². The van der Waals surface area contributed by atoms with E-state index < -0.39 is 0 Å². The molecule has 0 aliphatic rings. The second-order valence-electron chi connectivity index (χ2n) is 4.33. The number of nitrogens with zero attached hydrogens (tertiary/aromatic N) is 2. The summed E-state index contributed by atoms with van der Waals surface area (Å²) in [6.45, 7) is 0.447. The van der Waals surface area contributed by atoms with Gasteiger partial charge in [-0.15, -0.1) is 0 Å². The lowest BCUT2D eigenvalue weighted by atomic mass is 10.1. The van der Waals surface area contributed by atoms with Crippen LogP contribution in [-0.4, -0.2) is 7.05 Å². The quantitative estimate of drug-likeness (QED) is 0.858. The van der Waals surface area contributed by atoms with Gasteiger partial charge in [-0.1, -0.05) is 12.1 Å². The van der Waals surface area contributed by atoms with Crippen LogP contribution in [0, 0.1) is 17.1 Å². The molecule has 0 fully saturated rings. The average molecular weight is 255 g/mol. The van der Waals surface area contributed by atoms with Crippen molar-refractivity contribution >= 4 is 11.4 Å². The van der Waals surface area contributed by atoms with Crippen molar-refractivity contribution in [3.05, 3.63) is 59.4 Å². The molecule has 0 atom stereocenters. The number of hydrogen-bond acceptors (Lipinski definition) is 3. The molecule has 2 N–H and O–H groups in total. The Labute approximate surface area is 111 Å². The highest BCUT2D eigenvalue weighted by molar-refractivity contribution is 5.60. The fourth-order valence-corrected chi connectivity index (χ4v) is 1.95. The van der Waals surface area contributed by atoms with Crippen LogP contribution in [0.3, 0.4) is 0 Å². The predicted octanol–water partition coefficient (Wildman–Crippen LogP) is 2.92. The minimum absolute atomic E-state index is 0.314. The first-order valence-corrected chi connectivity index (χ1v) is 5.86. The maximum atomic E-state index is 13.2. The van der Waals surface area contributed by atoms with Gasteiger partial charge in [0.25, 0.3) is 0 Å². The van der Waals surface area contributed by atoms with Crippen molar-refractivity contribution in [2.75, 3.05) is 17.7 Å². The van der Waals surface area contributed by atoms with E-state index in [0.29, 0.717) is 23.4 Å². The van der Waals surface area contributed by atoms with Crippen LogP contribution in [-0.2, 0) is 6.54 Å². The Morgan fingerprint density at radius 2 is 2.00 bits per heavy atom. The van der Waals surface area contributed by atoms with Gasteiger partial charge in [-0.2, -0.15) is 5.26 Å². The number of nitrogens with two attached hydrogens (primary N) is 1. The fourth-order valence-electron chi connectivity index (χ4n) is 1.95. The molecule has 0 bridgehead atoms. The number of hydrogen-bond donors (Lipinski definition) is 1. The lowest BCUT2D eigenvalue weighted by Gasteiger charge is -2.21. The molecule has 0 saturated heterocycles. The van der Waals surface area contributed by atoms with E-state index in [1.807, 2.05) is 30.1 Å². The maximum Gasteiger partial charge on any atom is 0.123 e. The second kappa shape index (κ2) is 5.40. The van der Waals surface area contributed by atoms with Gasteiger partial charge in [-0.3, -0.25) is 0 Å². The highest BCUT2D eigenvalue weighted by Crippen LogP contribution is 2.22. The lowest BCUT2D eigenvalue weighted by Crippen LogP contribution is -2.18. The first-order chi connectivity index (χ1) is 9.11. The Morgan fingerprint density at radius 1 is 1.26 bits per heavy atom. The zero-order valence-corrected chi connectivity index (χ0v) is 10.6. The van der Waals surface area contributed by atoms with Crippen molar-refractivity contribution in [1.82, 2.24) is 0 Å². The van der Waals surface area contributed by atoms with E-state index in [0.717, 1.165) is 5.69 Å². The van der Waals surface area contributed by atoms with Gasteiger partial charge in [0.1, 0.15) is 11.9 Å². The monoisotopic (exact) mass is 255 g/mol. The van der Waals surface area contributed by atoms with Gasteiger partial charge in [0.05, 0.1) is 11.3 Å². The van der Waals surface area contributed by atoms with E-state index in [4.69, 9.17) is 11.0 Å². The van der Waals surface area contributed by atoms with Gasteiger partial charge < -0.3 is 10.6 Å². The van der Waals surface area contributed by atoms with Crippen molar-refractivity contribution < 1.29 is 4.39 Å². The maximum absolute atomic E-state index is 13.2. The van der Waals surface area contributed by atoms with Crippen LogP contribution in [0.5, 0.6) is 0 Å². The molecule has 0 aliphatic heterocycles. The molecule has 4 heteroatoms. The van der Waals surface area contributed by atoms with Crippen molar-refractivity contribution in [3.8, 4) is 6.07 Å². The van der Waals surface area contributed by atoms with Gasteiger partial charge in [-0.05, 0) is 35.9 Å². The molecule has 0 aromatic heterocycles. The summed E-state index contributed by atoms with van der Waals surface area (Å²) >= 11 is 0. The Balaban J connectivity index is 2.28. The van der Waals surface area contributed by atoms with E-state index in [9.17, 15) is 4.39 Å². The largest absolute Gasteiger partial charge is 0.398 e. The predicted molar refractivity (Wildman–Crippen MR) is 74.1 cm³/mol. The van der Waals surface area contributed by atoms with Crippen molar-refractivity contribution in [2.45, 2.75) is 6.54 Å². The average Bonchev–Trinajstić information content (AvgIpc) is 2.42. The van der Waals surface area contributed by atoms with E-state index in [1.54, 1.807) is 12.1 Å². The van der Waals surface area contributed by atoms with Crippen LogP contribution in [0.25, 0.3) is 0 Å². The first kappa shape index (κ1) is 12.9. The summed E-state index contributed by atoms with van der Waals surface area (Å²) in [4.78, 5) is 1.88. The number of anilines is 2. The number of para-hydroxylation sites is 1. The number of nitriles is 1. The topological polar surface area (TPSA) is 53.0 Å². The molecule has 0 radical (unpaired) electrons. The minimum Gasteiger partial charge on any atom is -0.398 e. The zero-order valence-electron chi connectivity index (χ0n) is 10.6. The summed E-state index contributed by atoms with van der Waals surface area (Å²) in [5.41, 5.74) is 8.46. The summed E-state index contributed by atoms with van der Waals surface area (Å²) in [6.07, 6.45) is 0. The van der Waals surface area contributed by atoms with Crippen LogP contribution in [0.15, 0.2) is 42.5 Å². The summed E-state index contributed by atoms with van der Waals surface area (Å²) < 4.78 is 13.2. The third-order valence-electron chi connectivity index (χ3n) is 2.95. The van der Waals surface area contributed by atoms with Gasteiger partial charge in [0, 0.05) is 19.3 Å². The molecule has 96 valence electrons. The van der Waals surface area contributed by atoms with Crippen molar-refractivity contribution in [3.63, 3.8) is 0 Å². The van der Waals surface area contributed by atoms with Crippen LogP contribution in [0.4, 0.5) is 15.8 Å². The zero-order chi connectivity index (χ0) is 13.8. The Morgan fingerprint density at radius 3 is 2.74 bits per heavy atom. The SMILES string of the molecule is CN(Cc1cc(F)ccc1N)c1ccccc1C#N. The molecule has 0 spiro atoms. The Hall–Kier alpha value is -2.54. The van der Waals surface area contributed by atoms with Crippen molar-refractivity contribution in [1.29, 1.82) is 5.26 Å². The molecule has 0 amide bonds. The third-order valence-corrected chi connectivity index (χ3v) is 2.95. The van der Waals surface area contributed by atoms with E-state index in [2.05, 4.69) is 6.07 Å². The molecular weight excluding hydrogens is 241 g/mol. The van der Waals surface area contributed by atoms with Crippen LogP contribution < -0.4 is 10.6 Å². The van der Waals surface area contributed by atoms with E-state index in [-0.39, 0.29) is 5.82 Å². The molecule has 19 heavy (non-hydrogen) atoms. The summed E-state index contributed by atoms with van der Waals surface area (Å²) in [7, 11) is 1.85. The molecule has 2 aromatic carbocycles. The Kier molecular flexibility index (Phi) is 3.67. The molecule has 3 nitrogen and oxygen atoms in total. The summed E-state index contributed by atoms with van der Waals surface area (Å²) in [5.74, 6) is -0.314. The van der Waals surface area contributed by atoms with Gasteiger partial charge in [0.15, 0.2) is 0 Å². The molecule has 0 aliphatic carbocycles. The van der Waals surface area contributed by atoms with Gasteiger partial charge in [-0.25, -0.2) is 4.39 Å². The minimum atomic E-state index is -0.314. The molecule has 0 saturated carbocycles. The highest BCUT2D eigenvalue weighted by atomic mass is 19.1. The number of rotatable bonds is 3. The van der Waals surface area contributed by atoms with Gasteiger partial charge in [0.2, 0.25) is 0 Å². The Bertz CT molecular complexity index is 632. The van der Waals surface area contributed by atoms with E-state index in [1.165, 1.54) is 12.1 Å². The first-order valence-electron chi connectivity index (χ1n) is 5.86. The third kappa shape index (κ3) is 2.83. The number of benzene rings is 2. The van der Waals surface area contributed by atoms with Crippen molar-refractivity contribution in [2.24, 2.45) is 0 Å². The summed E-state index contributed by atoms with van der Waals surface area (Å²) in [5, 5.41) is 9.07. The second-order valence-corrected chi connectivity index (χ2v) is 4.33. The standard InChI is InChI=1S/C15H14FN3/c1-19(15-5-3-2-4-11(15)9-17)10-12-8-13(16)6-7-14(12)18/h2-8H,10,18H2,1H3.